The highest BCUT2D eigenvalue weighted by atomic mass is 16.1. The quantitative estimate of drug-likeness (QED) is 0.608. The number of fused-ring (bicyclic) bond motifs is 3. The molecule has 0 bridgehead atoms. The fraction of sp³-hybridized carbons (Fsp3) is 0.345. The molecule has 2 aromatic carbocycles. The Hall–Kier alpha value is -3.31. The Bertz CT molecular complexity index is 1220. The van der Waals surface area contributed by atoms with E-state index in [9.17, 15) is 9.59 Å². The van der Waals surface area contributed by atoms with E-state index in [1.807, 2.05) is 31.2 Å². The molecule has 2 atom stereocenters. The molecule has 34 heavy (non-hydrogen) atoms. The summed E-state index contributed by atoms with van der Waals surface area (Å²) in [5, 5.41) is 3.01. The minimum Gasteiger partial charge on any atom is -0.320 e. The molecule has 1 amide bonds. The van der Waals surface area contributed by atoms with Gasteiger partial charge in [0.15, 0.2) is 0 Å². The molecule has 5 nitrogen and oxygen atoms in total. The SMILES string of the molecule is Cc1ncccc1NC(=O)c1ccc2c(c1)CN(C)C[C@H]1CC(=O)CC[C@@]21Cc1ccccc1. The summed E-state index contributed by atoms with van der Waals surface area (Å²) >= 11 is 0. The minimum atomic E-state index is -0.127. The van der Waals surface area contributed by atoms with E-state index in [4.69, 9.17) is 0 Å². The average molecular weight is 454 g/mol. The molecule has 1 aliphatic carbocycles. The number of pyridine rings is 1. The van der Waals surface area contributed by atoms with Crippen LogP contribution >= 0.6 is 0 Å². The van der Waals surface area contributed by atoms with Crippen molar-refractivity contribution in [2.75, 3.05) is 18.9 Å². The molecule has 5 heteroatoms. The number of nitrogens with one attached hydrogen (secondary N) is 1. The van der Waals surface area contributed by atoms with Gasteiger partial charge in [0, 0.05) is 43.1 Å². The summed E-state index contributed by atoms with van der Waals surface area (Å²) in [6.07, 6.45) is 4.73. The van der Waals surface area contributed by atoms with E-state index in [-0.39, 0.29) is 17.2 Å². The van der Waals surface area contributed by atoms with Crippen LogP contribution in [0.5, 0.6) is 0 Å². The third kappa shape index (κ3) is 4.28. The number of rotatable bonds is 4. The van der Waals surface area contributed by atoms with Crippen molar-refractivity contribution in [1.82, 2.24) is 9.88 Å². The van der Waals surface area contributed by atoms with E-state index < -0.39 is 0 Å². The molecule has 3 aromatic rings. The van der Waals surface area contributed by atoms with Gasteiger partial charge in [0.25, 0.3) is 5.91 Å². The van der Waals surface area contributed by atoms with Crippen molar-refractivity contribution in [1.29, 1.82) is 0 Å². The minimum absolute atomic E-state index is 0.107. The van der Waals surface area contributed by atoms with Gasteiger partial charge in [0.2, 0.25) is 0 Å². The predicted octanol–water partition coefficient (Wildman–Crippen LogP) is 4.94. The highest BCUT2D eigenvalue weighted by Gasteiger charge is 2.47. The Morgan fingerprint density at radius 3 is 2.76 bits per heavy atom. The fourth-order valence-electron chi connectivity index (χ4n) is 5.91. The van der Waals surface area contributed by atoms with Crippen LogP contribution in [0.15, 0.2) is 66.9 Å². The second-order valence-electron chi connectivity index (χ2n) is 9.92. The fourth-order valence-corrected chi connectivity index (χ4v) is 5.91. The maximum absolute atomic E-state index is 13.1. The van der Waals surface area contributed by atoms with Gasteiger partial charge in [-0.15, -0.1) is 0 Å². The van der Waals surface area contributed by atoms with Crippen LogP contribution in [0.25, 0.3) is 0 Å². The van der Waals surface area contributed by atoms with Crippen LogP contribution in [0.1, 0.15) is 52.0 Å². The number of carbonyl (C=O) groups is 2. The van der Waals surface area contributed by atoms with Crippen LogP contribution in [0.2, 0.25) is 0 Å². The molecule has 1 aromatic heterocycles. The molecule has 0 spiro atoms. The van der Waals surface area contributed by atoms with Gasteiger partial charge in [-0.1, -0.05) is 36.4 Å². The zero-order chi connectivity index (χ0) is 23.7. The number of aromatic nitrogens is 1. The standard InChI is InChI=1S/C29H31N3O2/c1-20-27(9-6-14-30-20)31-28(34)22-10-11-26-23(15-22)18-32(2)19-24-16-25(33)12-13-29(24,26)17-21-7-4-3-5-8-21/h3-11,14-15,24H,12-13,16-19H2,1-2H3,(H,31,34)/t24-,29+/m1/s1. The van der Waals surface area contributed by atoms with Crippen LogP contribution in [0, 0.1) is 12.8 Å². The lowest BCUT2D eigenvalue weighted by molar-refractivity contribution is -0.123. The van der Waals surface area contributed by atoms with Crippen molar-refractivity contribution >= 4 is 17.4 Å². The van der Waals surface area contributed by atoms with Crippen LogP contribution in [0.3, 0.4) is 0 Å². The van der Waals surface area contributed by atoms with Crippen molar-refractivity contribution in [2.45, 2.75) is 44.6 Å². The third-order valence-electron chi connectivity index (χ3n) is 7.60. The van der Waals surface area contributed by atoms with Gasteiger partial charge < -0.3 is 10.2 Å². The lowest BCUT2D eigenvalue weighted by Crippen LogP contribution is -2.45. The monoisotopic (exact) mass is 453 g/mol. The second-order valence-corrected chi connectivity index (χ2v) is 9.92. The summed E-state index contributed by atoms with van der Waals surface area (Å²) in [7, 11) is 2.12. The normalized spacial score (nSPS) is 22.4. The smallest absolute Gasteiger partial charge is 0.255 e. The Balaban J connectivity index is 1.55. The van der Waals surface area contributed by atoms with Crippen molar-refractivity contribution in [3.63, 3.8) is 0 Å². The first-order valence-corrected chi connectivity index (χ1v) is 12.1. The molecule has 2 heterocycles. The number of benzene rings is 2. The summed E-state index contributed by atoms with van der Waals surface area (Å²) in [5.74, 6) is 0.504. The molecule has 1 saturated carbocycles. The lowest BCUT2D eigenvalue weighted by Gasteiger charge is -2.44. The number of hydrogen-bond donors (Lipinski definition) is 1. The van der Waals surface area contributed by atoms with Crippen LogP contribution in [-0.4, -0.2) is 35.2 Å². The van der Waals surface area contributed by atoms with Crippen LogP contribution in [0.4, 0.5) is 5.69 Å². The number of nitrogens with zero attached hydrogens (tertiary/aromatic N) is 2. The molecule has 174 valence electrons. The molecule has 0 saturated heterocycles. The molecule has 5 rings (SSSR count). The van der Waals surface area contributed by atoms with E-state index in [2.05, 4.69) is 58.6 Å². The van der Waals surface area contributed by atoms with Gasteiger partial charge in [0.1, 0.15) is 5.78 Å². The Morgan fingerprint density at radius 1 is 1.15 bits per heavy atom. The van der Waals surface area contributed by atoms with Crippen molar-refractivity contribution in [3.8, 4) is 0 Å². The van der Waals surface area contributed by atoms with E-state index in [1.165, 1.54) is 16.7 Å². The molecular weight excluding hydrogens is 422 g/mol. The third-order valence-corrected chi connectivity index (χ3v) is 7.60. The Kier molecular flexibility index (Phi) is 6.05. The van der Waals surface area contributed by atoms with Crippen molar-refractivity contribution in [3.05, 3.63) is 94.8 Å². The Labute approximate surface area is 201 Å². The van der Waals surface area contributed by atoms with Gasteiger partial charge in [-0.25, -0.2) is 0 Å². The molecule has 0 radical (unpaired) electrons. The lowest BCUT2D eigenvalue weighted by atomic mass is 9.59. The van der Waals surface area contributed by atoms with Crippen LogP contribution in [-0.2, 0) is 23.2 Å². The van der Waals surface area contributed by atoms with E-state index in [1.54, 1.807) is 6.20 Å². The second kappa shape index (κ2) is 9.15. The molecular formula is C29H31N3O2. The number of ketones is 1. The van der Waals surface area contributed by atoms with Gasteiger partial charge in [-0.3, -0.25) is 14.6 Å². The first kappa shape index (κ1) is 22.5. The number of Topliss-reactive ketones (excluding diaryl/α,β-unsaturated/α-hetero) is 1. The summed E-state index contributed by atoms with van der Waals surface area (Å²) < 4.78 is 0. The zero-order valence-electron chi connectivity index (χ0n) is 19.9. The number of anilines is 1. The molecule has 1 N–H and O–H groups in total. The first-order valence-electron chi connectivity index (χ1n) is 12.1. The van der Waals surface area contributed by atoms with E-state index >= 15 is 0 Å². The van der Waals surface area contributed by atoms with Crippen LogP contribution < -0.4 is 5.32 Å². The topological polar surface area (TPSA) is 62.3 Å². The van der Waals surface area contributed by atoms with E-state index in [0.29, 0.717) is 24.2 Å². The highest BCUT2D eigenvalue weighted by molar-refractivity contribution is 6.04. The van der Waals surface area contributed by atoms with E-state index in [0.717, 1.165) is 37.3 Å². The number of amides is 1. The summed E-state index contributed by atoms with van der Waals surface area (Å²) in [4.78, 5) is 32.2. The summed E-state index contributed by atoms with van der Waals surface area (Å²) in [5.41, 5.74) is 5.84. The van der Waals surface area contributed by atoms with Gasteiger partial charge in [-0.2, -0.15) is 0 Å². The van der Waals surface area contributed by atoms with Crippen molar-refractivity contribution < 1.29 is 9.59 Å². The molecule has 2 aliphatic rings. The zero-order valence-corrected chi connectivity index (χ0v) is 19.9. The van der Waals surface area contributed by atoms with Gasteiger partial charge >= 0.3 is 0 Å². The van der Waals surface area contributed by atoms with Crippen molar-refractivity contribution in [2.24, 2.45) is 5.92 Å². The predicted molar refractivity (Wildman–Crippen MR) is 134 cm³/mol. The number of aryl methyl sites for hydroxylation is 1. The molecule has 0 unspecified atom stereocenters. The van der Waals surface area contributed by atoms with Gasteiger partial charge in [0.05, 0.1) is 11.4 Å². The Morgan fingerprint density at radius 2 is 1.97 bits per heavy atom. The molecule has 1 fully saturated rings. The average Bonchev–Trinajstić information content (AvgIpc) is 2.94. The molecule has 1 aliphatic heterocycles. The largest absolute Gasteiger partial charge is 0.320 e. The maximum atomic E-state index is 13.1. The first-order chi connectivity index (χ1) is 16.4. The highest BCUT2D eigenvalue weighted by Crippen LogP contribution is 2.48. The summed E-state index contributed by atoms with van der Waals surface area (Å²) in [6.45, 7) is 3.53. The number of hydrogen-bond acceptors (Lipinski definition) is 4. The number of carbonyl (C=O) groups excluding carboxylic acids is 2. The maximum Gasteiger partial charge on any atom is 0.255 e. The van der Waals surface area contributed by atoms with Gasteiger partial charge in [-0.05, 0) is 73.7 Å². The summed E-state index contributed by atoms with van der Waals surface area (Å²) in [6, 6.07) is 20.5.